The highest BCUT2D eigenvalue weighted by atomic mass is 127. The van der Waals surface area contributed by atoms with Crippen molar-refractivity contribution >= 4 is 22.6 Å². The minimum Gasteiger partial charge on any atom is -0.506 e. The lowest BCUT2D eigenvalue weighted by atomic mass is 10.2. The van der Waals surface area contributed by atoms with E-state index < -0.39 is 0 Å². The summed E-state index contributed by atoms with van der Waals surface area (Å²) in [5.74, 6) is 0.222. The van der Waals surface area contributed by atoms with Gasteiger partial charge in [0.2, 0.25) is 0 Å². The third kappa shape index (κ3) is 1.62. The second-order valence-electron chi connectivity index (χ2n) is 2.22. The molecule has 4 heteroatoms. The summed E-state index contributed by atoms with van der Waals surface area (Å²) in [7, 11) is 0. The molecule has 0 aliphatic carbocycles. The maximum atomic E-state index is 9.43. The van der Waals surface area contributed by atoms with Gasteiger partial charge in [0.15, 0.2) is 0 Å². The Labute approximate surface area is 78.8 Å². The van der Waals surface area contributed by atoms with Crippen molar-refractivity contribution in [3.8, 4) is 5.75 Å². The zero-order valence-electron chi connectivity index (χ0n) is 6.13. The summed E-state index contributed by atoms with van der Waals surface area (Å²) >= 11 is 2.10. The average Bonchev–Trinajstić information content (AvgIpc) is 1.99. The lowest BCUT2D eigenvalue weighted by molar-refractivity contribution is 0.460. The van der Waals surface area contributed by atoms with E-state index in [4.69, 9.17) is 5.73 Å². The number of hydrogen-bond acceptors (Lipinski definition) is 3. The summed E-state index contributed by atoms with van der Waals surface area (Å²) in [6, 6.07) is 0. The molecule has 0 radical (unpaired) electrons. The van der Waals surface area contributed by atoms with Gasteiger partial charge in [-0.25, -0.2) is 0 Å². The van der Waals surface area contributed by atoms with E-state index in [1.54, 1.807) is 13.1 Å². The summed E-state index contributed by atoms with van der Waals surface area (Å²) in [5, 5.41) is 9.43. The van der Waals surface area contributed by atoms with Gasteiger partial charge >= 0.3 is 0 Å². The fourth-order valence-electron chi connectivity index (χ4n) is 0.818. The van der Waals surface area contributed by atoms with Crippen LogP contribution in [0.1, 0.15) is 11.3 Å². The van der Waals surface area contributed by atoms with Crippen molar-refractivity contribution < 1.29 is 5.11 Å². The van der Waals surface area contributed by atoms with Crippen LogP contribution >= 0.6 is 22.6 Å². The molecule has 1 heterocycles. The number of hydrogen-bond donors (Lipinski definition) is 2. The van der Waals surface area contributed by atoms with Gasteiger partial charge in [0.1, 0.15) is 5.75 Å². The van der Waals surface area contributed by atoms with E-state index in [1.165, 1.54) is 0 Å². The summed E-state index contributed by atoms with van der Waals surface area (Å²) in [4.78, 5) is 3.97. The van der Waals surface area contributed by atoms with Crippen molar-refractivity contribution in [1.29, 1.82) is 0 Å². The fourth-order valence-corrected chi connectivity index (χ4v) is 1.43. The van der Waals surface area contributed by atoms with Crippen LogP contribution in [0.25, 0.3) is 0 Å². The molecule has 0 aliphatic rings. The normalized spacial score (nSPS) is 10.1. The lowest BCUT2D eigenvalue weighted by Crippen LogP contribution is -2.01. The van der Waals surface area contributed by atoms with Crippen LogP contribution in [0.2, 0.25) is 0 Å². The van der Waals surface area contributed by atoms with Crippen molar-refractivity contribution in [3.05, 3.63) is 21.0 Å². The molecule has 1 rings (SSSR count). The summed E-state index contributed by atoms with van der Waals surface area (Å²) < 4.78 is 0.910. The largest absolute Gasteiger partial charge is 0.506 e. The van der Waals surface area contributed by atoms with Crippen molar-refractivity contribution in [2.75, 3.05) is 0 Å². The fraction of sp³-hybridized carbons (Fsp3) is 0.286. The predicted octanol–water partition coefficient (Wildman–Crippen LogP) is 1.16. The minimum atomic E-state index is 0.222. The molecule has 11 heavy (non-hydrogen) atoms. The van der Waals surface area contributed by atoms with Gasteiger partial charge in [0.25, 0.3) is 0 Å². The van der Waals surface area contributed by atoms with Crippen LogP contribution in [0, 0.1) is 10.5 Å². The van der Waals surface area contributed by atoms with E-state index in [1.807, 2.05) is 0 Å². The van der Waals surface area contributed by atoms with Crippen LogP contribution in [0.15, 0.2) is 6.20 Å². The van der Waals surface area contributed by atoms with Crippen LogP contribution in [0.4, 0.5) is 0 Å². The van der Waals surface area contributed by atoms with Crippen molar-refractivity contribution in [1.82, 2.24) is 4.98 Å². The Morgan fingerprint density at radius 2 is 2.36 bits per heavy atom. The smallest absolute Gasteiger partial charge is 0.142 e. The lowest BCUT2D eigenvalue weighted by Gasteiger charge is -2.05. The van der Waals surface area contributed by atoms with Gasteiger partial charge < -0.3 is 10.8 Å². The molecule has 1 aromatic rings. The monoisotopic (exact) mass is 264 g/mol. The summed E-state index contributed by atoms with van der Waals surface area (Å²) in [6.07, 6.45) is 1.71. The molecule has 0 saturated heterocycles. The zero-order chi connectivity index (χ0) is 8.43. The number of aromatic nitrogens is 1. The number of aryl methyl sites for hydroxylation is 1. The van der Waals surface area contributed by atoms with Crippen LogP contribution in [-0.2, 0) is 6.54 Å². The molecule has 0 fully saturated rings. The zero-order valence-corrected chi connectivity index (χ0v) is 8.29. The molecular formula is C7H9IN2O. The van der Waals surface area contributed by atoms with Gasteiger partial charge in [-0.3, -0.25) is 4.98 Å². The summed E-state index contributed by atoms with van der Waals surface area (Å²) in [5.41, 5.74) is 6.83. The number of nitrogens with zero attached hydrogens (tertiary/aromatic N) is 1. The van der Waals surface area contributed by atoms with E-state index in [-0.39, 0.29) is 5.75 Å². The number of rotatable bonds is 1. The van der Waals surface area contributed by atoms with E-state index in [0.29, 0.717) is 12.2 Å². The number of pyridine rings is 1. The highest BCUT2D eigenvalue weighted by molar-refractivity contribution is 14.1. The van der Waals surface area contributed by atoms with Gasteiger partial charge in [-0.05, 0) is 29.5 Å². The molecule has 3 N–H and O–H groups in total. The summed E-state index contributed by atoms with van der Waals surface area (Å²) in [6.45, 7) is 2.11. The quantitative estimate of drug-likeness (QED) is 0.748. The van der Waals surface area contributed by atoms with Crippen LogP contribution in [0.5, 0.6) is 5.75 Å². The molecule has 0 spiro atoms. The molecule has 1 aromatic heterocycles. The van der Waals surface area contributed by atoms with Gasteiger partial charge in [-0.15, -0.1) is 0 Å². The predicted molar refractivity (Wildman–Crippen MR) is 51.2 cm³/mol. The second-order valence-corrected chi connectivity index (χ2v) is 3.39. The molecule has 0 amide bonds. The van der Waals surface area contributed by atoms with Crippen molar-refractivity contribution in [2.24, 2.45) is 5.73 Å². The molecule has 0 unspecified atom stereocenters. The van der Waals surface area contributed by atoms with Gasteiger partial charge in [-0.2, -0.15) is 0 Å². The minimum absolute atomic E-state index is 0.222. The Balaban J connectivity index is 3.29. The average molecular weight is 264 g/mol. The SMILES string of the molecule is Cc1ncc(I)c(CN)c1O. The molecule has 60 valence electrons. The van der Waals surface area contributed by atoms with E-state index in [9.17, 15) is 5.11 Å². The Morgan fingerprint density at radius 3 is 2.82 bits per heavy atom. The van der Waals surface area contributed by atoms with Crippen LogP contribution < -0.4 is 5.73 Å². The standard InChI is InChI=1S/C7H9IN2O/c1-4-7(11)5(2-9)6(8)3-10-4/h3,11H,2,9H2,1H3. The molecule has 0 aliphatic heterocycles. The Kier molecular flexibility index (Phi) is 2.67. The van der Waals surface area contributed by atoms with E-state index in [2.05, 4.69) is 27.6 Å². The first-order valence-corrected chi connectivity index (χ1v) is 4.27. The Hall–Kier alpha value is -0.360. The van der Waals surface area contributed by atoms with Crippen molar-refractivity contribution in [3.63, 3.8) is 0 Å². The number of nitrogens with two attached hydrogens (primary N) is 1. The van der Waals surface area contributed by atoms with E-state index >= 15 is 0 Å². The van der Waals surface area contributed by atoms with Crippen LogP contribution in [0.3, 0.4) is 0 Å². The van der Waals surface area contributed by atoms with Gasteiger partial charge in [-0.1, -0.05) is 0 Å². The van der Waals surface area contributed by atoms with Gasteiger partial charge in [0.05, 0.1) is 5.69 Å². The first-order valence-electron chi connectivity index (χ1n) is 3.19. The Bertz CT molecular complexity index is 275. The first kappa shape index (κ1) is 8.73. The number of halogens is 1. The molecule has 0 bridgehead atoms. The number of aromatic hydroxyl groups is 1. The van der Waals surface area contributed by atoms with Crippen molar-refractivity contribution in [2.45, 2.75) is 13.5 Å². The maximum absolute atomic E-state index is 9.43. The maximum Gasteiger partial charge on any atom is 0.142 e. The third-order valence-corrected chi connectivity index (χ3v) is 2.42. The molecule has 3 nitrogen and oxygen atoms in total. The van der Waals surface area contributed by atoms with E-state index in [0.717, 1.165) is 9.13 Å². The highest BCUT2D eigenvalue weighted by Crippen LogP contribution is 2.23. The van der Waals surface area contributed by atoms with Gasteiger partial charge in [0, 0.05) is 21.9 Å². The van der Waals surface area contributed by atoms with Crippen LogP contribution in [-0.4, -0.2) is 10.1 Å². The molecular weight excluding hydrogens is 255 g/mol. The molecule has 0 saturated carbocycles. The topological polar surface area (TPSA) is 59.1 Å². The highest BCUT2D eigenvalue weighted by Gasteiger charge is 2.06. The molecule has 0 aromatic carbocycles. The third-order valence-electron chi connectivity index (χ3n) is 1.49. The first-order chi connectivity index (χ1) is 5.16. The molecule has 0 atom stereocenters. The second kappa shape index (κ2) is 3.36. The Morgan fingerprint density at radius 1 is 1.73 bits per heavy atom.